The van der Waals surface area contributed by atoms with E-state index < -0.39 is 23.3 Å². The Labute approximate surface area is 191 Å². The van der Waals surface area contributed by atoms with Crippen LogP contribution in [0.1, 0.15) is 70.5 Å². The molecule has 2 N–H and O–H groups in total. The van der Waals surface area contributed by atoms with Crippen molar-refractivity contribution < 1.29 is 33.0 Å². The second kappa shape index (κ2) is 7.98. The van der Waals surface area contributed by atoms with Crippen LogP contribution in [0.3, 0.4) is 0 Å². The molecule has 182 valence electrons. The van der Waals surface area contributed by atoms with Crippen molar-refractivity contribution in [1.82, 2.24) is 4.90 Å². The highest BCUT2D eigenvalue weighted by molar-refractivity contribution is 6.00. The molecule has 0 unspecified atom stereocenters. The molecule has 1 aliphatic carbocycles. The number of benzene rings is 1. The predicted octanol–water partition coefficient (Wildman–Crippen LogP) is 3.71. The van der Waals surface area contributed by atoms with E-state index in [0.29, 0.717) is 50.8 Å². The molecule has 2 aliphatic heterocycles. The third-order valence-corrected chi connectivity index (χ3v) is 7.92. The molecule has 4 rings (SSSR count). The number of aliphatic hydroxyl groups is 2. The van der Waals surface area contributed by atoms with E-state index in [4.69, 9.17) is 0 Å². The molecule has 0 bridgehead atoms. The smallest absolute Gasteiger partial charge is 0.388 e. The first-order valence-electron chi connectivity index (χ1n) is 11.5. The second-order valence-electron chi connectivity index (χ2n) is 10.5. The van der Waals surface area contributed by atoms with Crippen LogP contribution in [0.4, 0.5) is 18.9 Å². The number of carbonyl (C=O) groups excluding carboxylic acids is 2. The van der Waals surface area contributed by atoms with Crippen LogP contribution < -0.4 is 4.90 Å². The van der Waals surface area contributed by atoms with Crippen LogP contribution in [0.2, 0.25) is 0 Å². The van der Waals surface area contributed by atoms with Crippen LogP contribution >= 0.6 is 0 Å². The lowest BCUT2D eigenvalue weighted by Crippen LogP contribution is -2.53. The molecule has 33 heavy (non-hydrogen) atoms. The summed E-state index contributed by atoms with van der Waals surface area (Å²) in [5, 5.41) is 20.6. The third kappa shape index (κ3) is 4.37. The molecule has 2 saturated heterocycles. The number of alkyl halides is 3. The van der Waals surface area contributed by atoms with Gasteiger partial charge in [-0.05, 0) is 70.1 Å². The summed E-state index contributed by atoms with van der Waals surface area (Å²) in [5.41, 5.74) is -1.67. The Kier molecular flexibility index (Phi) is 5.80. The summed E-state index contributed by atoms with van der Waals surface area (Å²) in [7, 11) is 0. The lowest BCUT2D eigenvalue weighted by atomic mass is 9.67. The van der Waals surface area contributed by atoms with Gasteiger partial charge in [-0.15, -0.1) is 0 Å². The first-order chi connectivity index (χ1) is 15.3. The topological polar surface area (TPSA) is 81.1 Å². The Morgan fingerprint density at radius 2 is 1.61 bits per heavy atom. The first kappa shape index (κ1) is 24.0. The Bertz CT molecular complexity index is 921. The zero-order valence-electron chi connectivity index (χ0n) is 19.0. The zero-order chi connectivity index (χ0) is 24.2. The number of halogens is 3. The van der Waals surface area contributed by atoms with Gasteiger partial charge in [0.2, 0.25) is 11.8 Å². The summed E-state index contributed by atoms with van der Waals surface area (Å²) in [6, 6.07) is 5.25. The van der Waals surface area contributed by atoms with Crippen LogP contribution in [0.25, 0.3) is 0 Å². The van der Waals surface area contributed by atoms with Crippen LogP contribution in [0, 0.1) is 5.41 Å². The zero-order valence-corrected chi connectivity index (χ0v) is 19.0. The van der Waals surface area contributed by atoms with E-state index in [0.717, 1.165) is 6.42 Å². The standard InChI is InChI=1S/C24H31F3N2O4/c1-21(2)8-7-18(30)29(21)15-23(33)11-9-22(10-12-23)13-14-28(20(22)32)17-5-3-16(4-6-17)19(31)24(25,26)27/h3-6,19,31,33H,7-15H2,1-2H3/t19-,22?,23?/m1/s1. The van der Waals surface area contributed by atoms with Gasteiger partial charge in [0.1, 0.15) is 0 Å². The summed E-state index contributed by atoms with van der Waals surface area (Å²) < 4.78 is 38.2. The van der Waals surface area contributed by atoms with E-state index in [9.17, 15) is 33.0 Å². The van der Waals surface area contributed by atoms with Crippen molar-refractivity contribution in [2.45, 2.75) is 82.2 Å². The minimum Gasteiger partial charge on any atom is -0.388 e. The van der Waals surface area contributed by atoms with Gasteiger partial charge >= 0.3 is 6.18 Å². The fourth-order valence-corrected chi connectivity index (χ4v) is 5.53. The number of hydrogen-bond donors (Lipinski definition) is 2. The van der Waals surface area contributed by atoms with Crippen LogP contribution in [-0.2, 0) is 9.59 Å². The molecule has 1 atom stereocenters. The maximum Gasteiger partial charge on any atom is 0.418 e. The largest absolute Gasteiger partial charge is 0.418 e. The van der Waals surface area contributed by atoms with Gasteiger partial charge in [0.25, 0.3) is 0 Å². The van der Waals surface area contributed by atoms with Gasteiger partial charge in [0.15, 0.2) is 6.10 Å². The number of hydrogen-bond acceptors (Lipinski definition) is 4. The Morgan fingerprint density at radius 3 is 2.12 bits per heavy atom. The molecule has 2 heterocycles. The van der Waals surface area contributed by atoms with E-state index in [2.05, 4.69) is 0 Å². The Morgan fingerprint density at radius 1 is 1.00 bits per heavy atom. The maximum absolute atomic E-state index is 13.3. The van der Waals surface area contributed by atoms with Gasteiger partial charge in [-0.2, -0.15) is 13.2 Å². The molecule has 9 heteroatoms. The van der Waals surface area contributed by atoms with Crippen molar-refractivity contribution in [3.63, 3.8) is 0 Å². The minimum atomic E-state index is -4.75. The fraction of sp³-hybridized carbons (Fsp3) is 0.667. The molecule has 0 radical (unpaired) electrons. The van der Waals surface area contributed by atoms with Gasteiger partial charge in [0, 0.05) is 30.7 Å². The van der Waals surface area contributed by atoms with Gasteiger partial charge in [-0.25, -0.2) is 0 Å². The van der Waals surface area contributed by atoms with Crippen LogP contribution in [-0.4, -0.2) is 57.3 Å². The van der Waals surface area contributed by atoms with Gasteiger partial charge in [-0.3, -0.25) is 9.59 Å². The molecule has 0 aromatic heterocycles. The SMILES string of the molecule is CC1(C)CCC(=O)N1CC1(O)CCC2(CCN(c3ccc([C@@H](O)C(F)(F)F)cc3)C2=O)CC1. The van der Waals surface area contributed by atoms with Crippen molar-refractivity contribution >= 4 is 17.5 Å². The molecule has 2 amide bonds. The summed E-state index contributed by atoms with van der Waals surface area (Å²) in [5.74, 6) is -0.0258. The monoisotopic (exact) mass is 468 g/mol. The molecule has 3 aliphatic rings. The van der Waals surface area contributed by atoms with Crippen molar-refractivity contribution in [2.24, 2.45) is 5.41 Å². The molecule has 6 nitrogen and oxygen atoms in total. The maximum atomic E-state index is 13.3. The van der Waals surface area contributed by atoms with Crippen molar-refractivity contribution in [3.8, 4) is 0 Å². The first-order valence-corrected chi connectivity index (χ1v) is 11.5. The summed E-state index contributed by atoms with van der Waals surface area (Å²) in [6.07, 6.45) is -3.59. The van der Waals surface area contributed by atoms with E-state index in [1.807, 2.05) is 13.8 Å². The van der Waals surface area contributed by atoms with E-state index >= 15 is 0 Å². The number of rotatable bonds is 4. The average Bonchev–Trinajstić information content (AvgIpc) is 3.20. The predicted molar refractivity (Wildman–Crippen MR) is 115 cm³/mol. The van der Waals surface area contributed by atoms with Crippen molar-refractivity contribution in [3.05, 3.63) is 29.8 Å². The van der Waals surface area contributed by atoms with E-state index in [1.165, 1.54) is 24.3 Å². The molecule has 1 aromatic carbocycles. The van der Waals surface area contributed by atoms with Crippen LogP contribution in [0.15, 0.2) is 24.3 Å². The third-order valence-electron chi connectivity index (χ3n) is 7.92. The van der Waals surface area contributed by atoms with Gasteiger partial charge in [-0.1, -0.05) is 12.1 Å². The highest BCUT2D eigenvalue weighted by atomic mass is 19.4. The number of likely N-dealkylation sites (tertiary alicyclic amines) is 1. The molecular weight excluding hydrogens is 437 g/mol. The quantitative estimate of drug-likeness (QED) is 0.706. The number of amides is 2. The Balaban J connectivity index is 1.42. The number of nitrogens with zero attached hydrogens (tertiary/aromatic N) is 2. The second-order valence-corrected chi connectivity index (χ2v) is 10.5. The fourth-order valence-electron chi connectivity index (χ4n) is 5.53. The lowest BCUT2D eigenvalue weighted by molar-refractivity contribution is -0.206. The molecular formula is C24H31F3N2O4. The minimum absolute atomic E-state index is 0.0518. The van der Waals surface area contributed by atoms with E-state index in [-0.39, 0.29) is 29.5 Å². The molecule has 1 spiro atoms. The molecule has 1 aromatic rings. The lowest BCUT2D eigenvalue weighted by Gasteiger charge is -2.44. The number of carbonyl (C=O) groups is 2. The van der Waals surface area contributed by atoms with Gasteiger partial charge in [0.05, 0.1) is 11.0 Å². The Hall–Kier alpha value is -2.13. The van der Waals surface area contributed by atoms with Gasteiger partial charge < -0.3 is 20.0 Å². The highest BCUT2D eigenvalue weighted by Crippen LogP contribution is 2.49. The summed E-state index contributed by atoms with van der Waals surface area (Å²) in [4.78, 5) is 29.0. The normalized spacial score (nSPS) is 31.0. The molecule has 3 fully saturated rings. The summed E-state index contributed by atoms with van der Waals surface area (Å²) >= 11 is 0. The van der Waals surface area contributed by atoms with Crippen molar-refractivity contribution in [1.29, 1.82) is 0 Å². The number of anilines is 1. The van der Waals surface area contributed by atoms with Crippen LogP contribution in [0.5, 0.6) is 0 Å². The average molecular weight is 469 g/mol. The summed E-state index contributed by atoms with van der Waals surface area (Å²) in [6.45, 7) is 4.73. The highest BCUT2D eigenvalue weighted by Gasteiger charge is 2.53. The number of β-amino-alcohol motifs (C(OH)–C–C–N with tert-alkyl or cyclic N) is 1. The molecule has 1 saturated carbocycles. The number of aliphatic hydroxyl groups excluding tert-OH is 1. The van der Waals surface area contributed by atoms with Crippen molar-refractivity contribution in [2.75, 3.05) is 18.0 Å². The van der Waals surface area contributed by atoms with E-state index in [1.54, 1.807) is 9.80 Å².